The Bertz CT molecular complexity index is 831. The van der Waals surface area contributed by atoms with Crippen molar-refractivity contribution in [2.75, 3.05) is 18.0 Å². The zero-order valence-electron chi connectivity index (χ0n) is 16.9. The van der Waals surface area contributed by atoms with E-state index in [1.807, 2.05) is 19.1 Å². The predicted octanol–water partition coefficient (Wildman–Crippen LogP) is 4.07. The number of amides is 2. The Balaban J connectivity index is 1.45. The largest absolute Gasteiger partial charge is 0.356 e. The Labute approximate surface area is 171 Å². The van der Waals surface area contributed by atoms with Crippen LogP contribution in [-0.4, -0.2) is 29.9 Å². The normalized spacial score (nSPS) is 16.8. The number of anilines is 1. The highest BCUT2D eigenvalue weighted by molar-refractivity contribution is 7.09. The number of nitrogens with one attached hydrogen (secondary N) is 1. The standard InChI is InChI=1S/C22H29N3O2S/c1-15(2)17-7-6-8-19(11-17)25-13-18(12-21(25)26)22(27)23-10-5-4-9-20-24-16(3)14-28-20/h6-8,11,14-15,18H,4-5,9-10,12-13H2,1-3H3,(H,23,27). The zero-order chi connectivity index (χ0) is 20.1. The molecule has 0 bridgehead atoms. The Morgan fingerprint density at radius 1 is 1.36 bits per heavy atom. The number of carbonyl (C=O) groups is 2. The first kappa shape index (κ1) is 20.5. The van der Waals surface area contributed by atoms with Crippen LogP contribution in [0.2, 0.25) is 0 Å². The van der Waals surface area contributed by atoms with Crippen LogP contribution in [0.5, 0.6) is 0 Å². The number of hydrogen-bond donors (Lipinski definition) is 1. The minimum atomic E-state index is -0.267. The number of carbonyl (C=O) groups excluding carboxylic acids is 2. The van der Waals surface area contributed by atoms with Gasteiger partial charge in [0.15, 0.2) is 0 Å². The van der Waals surface area contributed by atoms with E-state index in [4.69, 9.17) is 0 Å². The zero-order valence-corrected chi connectivity index (χ0v) is 17.7. The second-order valence-corrected chi connectivity index (χ2v) is 8.73. The molecule has 3 rings (SSSR count). The molecule has 1 saturated heterocycles. The van der Waals surface area contributed by atoms with E-state index in [-0.39, 0.29) is 24.2 Å². The molecule has 1 N–H and O–H groups in total. The second-order valence-electron chi connectivity index (χ2n) is 7.79. The number of nitrogens with zero attached hydrogens (tertiary/aromatic N) is 2. The lowest BCUT2D eigenvalue weighted by Crippen LogP contribution is -2.33. The van der Waals surface area contributed by atoms with Crippen LogP contribution in [0.15, 0.2) is 29.6 Å². The van der Waals surface area contributed by atoms with Gasteiger partial charge in [-0.15, -0.1) is 11.3 Å². The van der Waals surface area contributed by atoms with Gasteiger partial charge in [-0.25, -0.2) is 4.98 Å². The first-order valence-corrected chi connectivity index (χ1v) is 10.9. The van der Waals surface area contributed by atoms with Crippen LogP contribution >= 0.6 is 11.3 Å². The third-order valence-electron chi connectivity index (χ3n) is 5.13. The van der Waals surface area contributed by atoms with Crippen molar-refractivity contribution in [1.29, 1.82) is 0 Å². The van der Waals surface area contributed by atoms with Crippen molar-refractivity contribution in [2.45, 2.75) is 52.4 Å². The number of benzene rings is 1. The van der Waals surface area contributed by atoms with E-state index in [0.717, 1.165) is 35.7 Å². The molecule has 0 radical (unpaired) electrons. The number of aromatic nitrogens is 1. The van der Waals surface area contributed by atoms with Gasteiger partial charge in [-0.1, -0.05) is 26.0 Å². The van der Waals surface area contributed by atoms with E-state index in [2.05, 4.69) is 41.7 Å². The Hall–Kier alpha value is -2.21. The molecular weight excluding hydrogens is 370 g/mol. The smallest absolute Gasteiger partial charge is 0.227 e. The molecule has 1 atom stereocenters. The number of aryl methyl sites for hydroxylation is 2. The minimum absolute atomic E-state index is 0.0130. The average Bonchev–Trinajstić information content (AvgIpc) is 3.27. The van der Waals surface area contributed by atoms with Crippen molar-refractivity contribution in [3.05, 3.63) is 45.9 Å². The number of rotatable bonds is 8. The summed E-state index contributed by atoms with van der Waals surface area (Å²) in [6.45, 7) is 7.39. The van der Waals surface area contributed by atoms with Crippen LogP contribution in [0.25, 0.3) is 0 Å². The maximum absolute atomic E-state index is 12.5. The van der Waals surface area contributed by atoms with Crippen LogP contribution in [-0.2, 0) is 16.0 Å². The third kappa shape index (κ3) is 5.19. The molecule has 1 aromatic heterocycles. The summed E-state index contributed by atoms with van der Waals surface area (Å²) >= 11 is 1.69. The number of unbranched alkanes of at least 4 members (excludes halogenated alkanes) is 1. The van der Waals surface area contributed by atoms with Gasteiger partial charge in [0.2, 0.25) is 11.8 Å². The average molecular weight is 400 g/mol. The second kappa shape index (κ2) is 9.32. The highest BCUT2D eigenvalue weighted by Gasteiger charge is 2.35. The predicted molar refractivity (Wildman–Crippen MR) is 114 cm³/mol. The van der Waals surface area contributed by atoms with Gasteiger partial charge in [0, 0.05) is 36.3 Å². The molecule has 150 valence electrons. The fourth-order valence-electron chi connectivity index (χ4n) is 3.46. The van der Waals surface area contributed by atoms with E-state index in [1.54, 1.807) is 16.2 Å². The summed E-state index contributed by atoms with van der Waals surface area (Å²) in [5.41, 5.74) is 3.17. The number of thiazole rings is 1. The van der Waals surface area contributed by atoms with Gasteiger partial charge in [0.25, 0.3) is 0 Å². The van der Waals surface area contributed by atoms with Crippen LogP contribution < -0.4 is 10.2 Å². The lowest BCUT2D eigenvalue weighted by Gasteiger charge is -2.18. The lowest BCUT2D eigenvalue weighted by atomic mass is 10.0. The van der Waals surface area contributed by atoms with Crippen molar-refractivity contribution >= 4 is 28.8 Å². The highest BCUT2D eigenvalue weighted by atomic mass is 32.1. The molecular formula is C22H29N3O2S. The fourth-order valence-corrected chi connectivity index (χ4v) is 4.28. The van der Waals surface area contributed by atoms with Gasteiger partial charge >= 0.3 is 0 Å². The Morgan fingerprint density at radius 3 is 2.89 bits per heavy atom. The summed E-state index contributed by atoms with van der Waals surface area (Å²) in [5, 5.41) is 6.23. The van der Waals surface area contributed by atoms with Crippen LogP contribution in [0.4, 0.5) is 5.69 Å². The SMILES string of the molecule is Cc1csc(CCCCNC(=O)C2CC(=O)N(c3cccc(C(C)C)c3)C2)n1. The quantitative estimate of drug-likeness (QED) is 0.681. The summed E-state index contributed by atoms with van der Waals surface area (Å²) in [7, 11) is 0. The van der Waals surface area contributed by atoms with E-state index >= 15 is 0 Å². The topological polar surface area (TPSA) is 62.3 Å². The summed E-state index contributed by atoms with van der Waals surface area (Å²) in [6.07, 6.45) is 3.17. The molecule has 1 unspecified atom stereocenters. The van der Waals surface area contributed by atoms with Crippen molar-refractivity contribution in [3.8, 4) is 0 Å². The van der Waals surface area contributed by atoms with Crippen molar-refractivity contribution in [3.63, 3.8) is 0 Å². The molecule has 0 saturated carbocycles. The van der Waals surface area contributed by atoms with E-state index < -0.39 is 0 Å². The summed E-state index contributed by atoms with van der Waals surface area (Å²) in [6, 6.07) is 8.06. The molecule has 1 aliphatic heterocycles. The summed E-state index contributed by atoms with van der Waals surface area (Å²) < 4.78 is 0. The third-order valence-corrected chi connectivity index (χ3v) is 6.15. The van der Waals surface area contributed by atoms with Crippen LogP contribution in [0.1, 0.15) is 55.3 Å². The maximum atomic E-state index is 12.5. The molecule has 6 heteroatoms. The van der Waals surface area contributed by atoms with Gasteiger partial charge in [-0.3, -0.25) is 9.59 Å². The van der Waals surface area contributed by atoms with Crippen molar-refractivity contribution < 1.29 is 9.59 Å². The summed E-state index contributed by atoms with van der Waals surface area (Å²) in [4.78, 5) is 31.1. The minimum Gasteiger partial charge on any atom is -0.356 e. The van der Waals surface area contributed by atoms with Crippen LogP contribution in [0.3, 0.4) is 0 Å². The molecule has 2 amide bonds. The van der Waals surface area contributed by atoms with E-state index in [9.17, 15) is 9.59 Å². The first-order chi connectivity index (χ1) is 13.4. The van der Waals surface area contributed by atoms with Crippen molar-refractivity contribution in [2.24, 2.45) is 5.92 Å². The van der Waals surface area contributed by atoms with Crippen molar-refractivity contribution in [1.82, 2.24) is 10.3 Å². The highest BCUT2D eigenvalue weighted by Crippen LogP contribution is 2.28. The molecule has 1 aliphatic rings. The Morgan fingerprint density at radius 2 is 2.18 bits per heavy atom. The lowest BCUT2D eigenvalue weighted by molar-refractivity contribution is -0.126. The maximum Gasteiger partial charge on any atom is 0.227 e. The van der Waals surface area contributed by atoms with E-state index in [0.29, 0.717) is 19.0 Å². The summed E-state index contributed by atoms with van der Waals surface area (Å²) in [5.74, 6) is 0.156. The fraction of sp³-hybridized carbons (Fsp3) is 0.500. The molecule has 0 aliphatic carbocycles. The molecule has 28 heavy (non-hydrogen) atoms. The molecule has 1 fully saturated rings. The first-order valence-electron chi connectivity index (χ1n) is 10.0. The van der Waals surface area contributed by atoms with Gasteiger partial charge < -0.3 is 10.2 Å². The van der Waals surface area contributed by atoms with E-state index in [1.165, 1.54) is 5.56 Å². The van der Waals surface area contributed by atoms with Gasteiger partial charge in [-0.2, -0.15) is 0 Å². The Kier molecular flexibility index (Phi) is 6.83. The van der Waals surface area contributed by atoms with Crippen LogP contribution in [0, 0.1) is 12.8 Å². The number of hydrogen-bond acceptors (Lipinski definition) is 4. The monoisotopic (exact) mass is 399 g/mol. The van der Waals surface area contributed by atoms with Gasteiger partial charge in [-0.05, 0) is 49.8 Å². The van der Waals surface area contributed by atoms with Gasteiger partial charge in [0.05, 0.1) is 10.9 Å². The van der Waals surface area contributed by atoms with Gasteiger partial charge in [0.1, 0.15) is 0 Å². The molecule has 2 heterocycles. The molecule has 1 aromatic carbocycles. The molecule has 2 aromatic rings. The molecule has 0 spiro atoms. The molecule has 5 nitrogen and oxygen atoms in total.